The number of halogens is 2. The zero-order valence-electron chi connectivity index (χ0n) is 13.8. The number of piperazine rings is 1. The predicted octanol–water partition coefficient (Wildman–Crippen LogP) is 3.62. The van der Waals surface area contributed by atoms with Crippen LogP contribution in [0.25, 0.3) is 0 Å². The van der Waals surface area contributed by atoms with Gasteiger partial charge in [0, 0.05) is 31.7 Å². The van der Waals surface area contributed by atoms with Crippen LogP contribution in [0.4, 0.5) is 10.1 Å². The summed E-state index contributed by atoms with van der Waals surface area (Å²) < 4.78 is 13.7. The molecule has 1 aliphatic rings. The Balaban J connectivity index is 1.73. The van der Waals surface area contributed by atoms with Gasteiger partial charge in [0.25, 0.3) is 5.91 Å². The molecule has 2 aromatic carbocycles. The van der Waals surface area contributed by atoms with Gasteiger partial charge in [-0.2, -0.15) is 5.26 Å². The second kappa shape index (κ2) is 7.12. The second-order valence-corrected chi connectivity index (χ2v) is 6.40. The van der Waals surface area contributed by atoms with Gasteiger partial charge in [-0.05, 0) is 36.8 Å². The summed E-state index contributed by atoms with van der Waals surface area (Å²) >= 11 is 6.25. The van der Waals surface area contributed by atoms with Crippen LogP contribution in [0.15, 0.2) is 36.4 Å². The van der Waals surface area contributed by atoms with Crippen LogP contribution in [0.3, 0.4) is 0 Å². The van der Waals surface area contributed by atoms with Gasteiger partial charge >= 0.3 is 0 Å². The molecule has 0 atom stereocenters. The molecule has 2 aromatic rings. The van der Waals surface area contributed by atoms with Gasteiger partial charge in [0.15, 0.2) is 0 Å². The van der Waals surface area contributed by atoms with E-state index < -0.39 is 0 Å². The summed E-state index contributed by atoms with van der Waals surface area (Å²) in [5.41, 5.74) is 2.10. The van der Waals surface area contributed by atoms with Crippen LogP contribution in [-0.2, 0) is 0 Å². The van der Waals surface area contributed by atoms with Crippen molar-refractivity contribution >= 4 is 23.2 Å². The Labute approximate surface area is 151 Å². The lowest BCUT2D eigenvalue weighted by Gasteiger charge is -2.36. The highest BCUT2D eigenvalue weighted by Crippen LogP contribution is 2.30. The monoisotopic (exact) mass is 357 g/mol. The number of nitriles is 1. The maximum Gasteiger partial charge on any atom is 0.254 e. The van der Waals surface area contributed by atoms with Crippen molar-refractivity contribution in [2.45, 2.75) is 6.92 Å². The van der Waals surface area contributed by atoms with E-state index in [1.165, 1.54) is 6.07 Å². The average molecular weight is 358 g/mol. The maximum absolute atomic E-state index is 13.7. The molecule has 0 bridgehead atoms. The summed E-state index contributed by atoms with van der Waals surface area (Å²) in [5.74, 6) is -0.558. The minimum Gasteiger partial charge on any atom is -0.366 e. The van der Waals surface area contributed by atoms with Crippen LogP contribution in [0, 0.1) is 24.1 Å². The van der Waals surface area contributed by atoms with E-state index in [4.69, 9.17) is 11.6 Å². The molecule has 1 saturated heterocycles. The Bertz CT molecular complexity index is 854. The number of rotatable bonds is 2. The predicted molar refractivity (Wildman–Crippen MR) is 95.4 cm³/mol. The van der Waals surface area contributed by atoms with E-state index in [1.807, 2.05) is 4.90 Å². The van der Waals surface area contributed by atoms with Crippen molar-refractivity contribution in [2.75, 3.05) is 31.1 Å². The fourth-order valence-electron chi connectivity index (χ4n) is 2.97. The van der Waals surface area contributed by atoms with Crippen LogP contribution in [0.5, 0.6) is 0 Å². The fraction of sp³-hybridized carbons (Fsp3) is 0.263. The van der Waals surface area contributed by atoms with Gasteiger partial charge in [0.05, 0.1) is 16.3 Å². The number of aryl methyl sites for hydroxylation is 1. The van der Waals surface area contributed by atoms with E-state index in [0.29, 0.717) is 53.6 Å². The molecule has 3 rings (SSSR count). The molecule has 1 heterocycles. The summed E-state index contributed by atoms with van der Waals surface area (Å²) in [7, 11) is 0. The van der Waals surface area contributed by atoms with Crippen molar-refractivity contribution in [3.05, 3.63) is 63.9 Å². The number of nitrogens with zero attached hydrogens (tertiary/aromatic N) is 3. The molecule has 1 amide bonds. The number of para-hydroxylation sites is 1. The molecular formula is C19H17ClFN3O. The quantitative estimate of drug-likeness (QED) is 0.824. The lowest BCUT2D eigenvalue weighted by Crippen LogP contribution is -2.49. The number of anilines is 1. The van der Waals surface area contributed by atoms with Gasteiger partial charge in [-0.15, -0.1) is 0 Å². The van der Waals surface area contributed by atoms with Crippen LogP contribution in [0.1, 0.15) is 21.5 Å². The van der Waals surface area contributed by atoms with Crippen LogP contribution >= 0.6 is 11.6 Å². The van der Waals surface area contributed by atoms with E-state index in [-0.39, 0.29) is 11.7 Å². The molecular weight excluding hydrogens is 341 g/mol. The van der Waals surface area contributed by atoms with Crippen LogP contribution < -0.4 is 4.90 Å². The number of carbonyl (C=O) groups is 1. The molecule has 0 aromatic heterocycles. The Kier molecular flexibility index (Phi) is 4.91. The molecule has 0 saturated carbocycles. The van der Waals surface area contributed by atoms with Gasteiger partial charge in [0.2, 0.25) is 0 Å². The van der Waals surface area contributed by atoms with E-state index in [9.17, 15) is 14.4 Å². The number of benzene rings is 2. The summed E-state index contributed by atoms with van der Waals surface area (Å²) in [6.07, 6.45) is 0. The van der Waals surface area contributed by atoms with Crippen molar-refractivity contribution in [3.63, 3.8) is 0 Å². The van der Waals surface area contributed by atoms with Gasteiger partial charge in [-0.3, -0.25) is 4.79 Å². The van der Waals surface area contributed by atoms with Gasteiger partial charge < -0.3 is 9.80 Å². The SMILES string of the molecule is Cc1ccc(C(=O)N2CCN(c3c(Cl)cccc3C#N)CC2)cc1F. The molecule has 4 nitrogen and oxygen atoms in total. The minimum atomic E-state index is -0.376. The summed E-state index contributed by atoms with van der Waals surface area (Å²) in [5, 5.41) is 9.80. The highest BCUT2D eigenvalue weighted by molar-refractivity contribution is 6.33. The normalized spacial score (nSPS) is 14.3. The molecule has 0 spiro atoms. The summed E-state index contributed by atoms with van der Waals surface area (Å²) in [6, 6.07) is 11.9. The first kappa shape index (κ1) is 17.2. The first-order chi connectivity index (χ1) is 12.0. The topological polar surface area (TPSA) is 47.3 Å². The fourth-order valence-corrected chi connectivity index (χ4v) is 3.26. The van der Waals surface area contributed by atoms with E-state index in [2.05, 4.69) is 6.07 Å². The highest BCUT2D eigenvalue weighted by atomic mass is 35.5. The van der Waals surface area contributed by atoms with Crippen molar-refractivity contribution in [3.8, 4) is 6.07 Å². The Hall–Kier alpha value is -2.58. The molecule has 0 unspecified atom stereocenters. The number of carbonyl (C=O) groups excluding carboxylic acids is 1. The molecule has 0 radical (unpaired) electrons. The molecule has 6 heteroatoms. The lowest BCUT2D eigenvalue weighted by atomic mass is 10.1. The van der Waals surface area contributed by atoms with Gasteiger partial charge in [-0.1, -0.05) is 23.7 Å². The summed E-state index contributed by atoms with van der Waals surface area (Å²) in [6.45, 7) is 3.78. The molecule has 1 aliphatic heterocycles. The highest BCUT2D eigenvalue weighted by Gasteiger charge is 2.25. The smallest absolute Gasteiger partial charge is 0.254 e. The van der Waals surface area contributed by atoms with E-state index in [0.717, 1.165) is 0 Å². The van der Waals surface area contributed by atoms with E-state index in [1.54, 1.807) is 42.2 Å². The Morgan fingerprint density at radius 1 is 1.20 bits per heavy atom. The molecule has 1 fully saturated rings. The molecule has 128 valence electrons. The van der Waals surface area contributed by atoms with Crippen molar-refractivity contribution in [2.24, 2.45) is 0 Å². The largest absolute Gasteiger partial charge is 0.366 e. The van der Waals surface area contributed by atoms with Gasteiger partial charge in [0.1, 0.15) is 11.9 Å². The third-order valence-electron chi connectivity index (χ3n) is 4.41. The first-order valence-corrected chi connectivity index (χ1v) is 8.38. The average Bonchev–Trinajstić information content (AvgIpc) is 2.63. The van der Waals surface area contributed by atoms with Crippen LogP contribution in [0.2, 0.25) is 5.02 Å². The Morgan fingerprint density at radius 3 is 2.56 bits per heavy atom. The minimum absolute atomic E-state index is 0.182. The maximum atomic E-state index is 13.7. The third kappa shape index (κ3) is 3.45. The van der Waals surface area contributed by atoms with E-state index >= 15 is 0 Å². The van der Waals surface area contributed by atoms with Crippen LogP contribution in [-0.4, -0.2) is 37.0 Å². The standard InChI is InChI=1S/C19H17ClFN3O/c1-13-5-6-14(11-17(13)21)19(25)24-9-7-23(8-10-24)18-15(12-22)3-2-4-16(18)20/h2-6,11H,7-10H2,1H3. The zero-order chi connectivity index (χ0) is 18.0. The van der Waals surface area contributed by atoms with Crippen molar-refractivity contribution < 1.29 is 9.18 Å². The zero-order valence-corrected chi connectivity index (χ0v) is 14.6. The Morgan fingerprint density at radius 2 is 1.92 bits per heavy atom. The first-order valence-electron chi connectivity index (χ1n) is 8.00. The molecule has 25 heavy (non-hydrogen) atoms. The second-order valence-electron chi connectivity index (χ2n) is 5.99. The van der Waals surface area contributed by atoms with Gasteiger partial charge in [-0.25, -0.2) is 4.39 Å². The lowest BCUT2D eigenvalue weighted by molar-refractivity contribution is 0.0746. The number of hydrogen-bond acceptors (Lipinski definition) is 3. The number of hydrogen-bond donors (Lipinski definition) is 0. The number of amides is 1. The molecule has 0 aliphatic carbocycles. The summed E-state index contributed by atoms with van der Waals surface area (Å²) in [4.78, 5) is 16.3. The van der Waals surface area contributed by atoms with Crippen molar-refractivity contribution in [1.29, 1.82) is 5.26 Å². The van der Waals surface area contributed by atoms with Crippen molar-refractivity contribution in [1.82, 2.24) is 4.90 Å². The third-order valence-corrected chi connectivity index (χ3v) is 4.71. The molecule has 0 N–H and O–H groups in total.